The van der Waals surface area contributed by atoms with E-state index in [0.717, 1.165) is 37.6 Å². The molecule has 0 saturated heterocycles. The van der Waals surface area contributed by atoms with E-state index in [4.69, 9.17) is 5.26 Å². The Morgan fingerprint density at radius 3 is 2.56 bits per heavy atom. The van der Waals surface area contributed by atoms with Crippen LogP contribution in [0.15, 0.2) is 18.2 Å². The third kappa shape index (κ3) is 3.18. The van der Waals surface area contributed by atoms with Crippen molar-refractivity contribution in [2.45, 2.75) is 50.4 Å². The van der Waals surface area contributed by atoms with Crippen LogP contribution in [-0.4, -0.2) is 14.8 Å². The van der Waals surface area contributed by atoms with Gasteiger partial charge in [-0.25, -0.2) is 0 Å². The van der Waals surface area contributed by atoms with Gasteiger partial charge >= 0.3 is 6.18 Å². The third-order valence-electron chi connectivity index (χ3n) is 4.54. The van der Waals surface area contributed by atoms with Gasteiger partial charge in [-0.05, 0) is 43.9 Å². The number of nitrogens with zero attached hydrogens (tertiary/aromatic N) is 4. The van der Waals surface area contributed by atoms with E-state index in [-0.39, 0.29) is 17.8 Å². The predicted octanol–water partition coefficient (Wildman–Crippen LogP) is 3.99. The molecule has 2 aliphatic carbocycles. The van der Waals surface area contributed by atoms with Gasteiger partial charge in [0.15, 0.2) is 5.82 Å². The van der Waals surface area contributed by atoms with Crippen LogP contribution in [0.2, 0.25) is 0 Å². The van der Waals surface area contributed by atoms with E-state index in [1.807, 2.05) is 6.07 Å². The number of alkyl halides is 3. The monoisotopic (exact) mass is 347 g/mol. The highest BCUT2D eigenvalue weighted by Gasteiger charge is 2.37. The second-order valence-corrected chi connectivity index (χ2v) is 6.57. The summed E-state index contributed by atoms with van der Waals surface area (Å²) >= 11 is 0. The molecule has 1 aromatic carbocycles. The molecule has 0 aliphatic heterocycles. The number of nitriles is 1. The van der Waals surface area contributed by atoms with Gasteiger partial charge in [-0.2, -0.15) is 18.4 Å². The number of anilines is 1. The predicted molar refractivity (Wildman–Crippen MR) is 83.8 cm³/mol. The first-order valence-electron chi connectivity index (χ1n) is 8.26. The highest BCUT2D eigenvalue weighted by atomic mass is 19.4. The molecule has 1 N–H and O–H groups in total. The summed E-state index contributed by atoms with van der Waals surface area (Å²) in [4.78, 5) is 0. The maximum Gasteiger partial charge on any atom is 0.418 e. The molecule has 0 amide bonds. The van der Waals surface area contributed by atoms with Crippen LogP contribution in [0.5, 0.6) is 0 Å². The van der Waals surface area contributed by atoms with Crippen LogP contribution in [0.3, 0.4) is 0 Å². The third-order valence-corrected chi connectivity index (χ3v) is 4.54. The second kappa shape index (κ2) is 5.76. The summed E-state index contributed by atoms with van der Waals surface area (Å²) in [6.45, 7) is 0.147. The van der Waals surface area contributed by atoms with E-state index < -0.39 is 11.7 Å². The lowest BCUT2D eigenvalue weighted by Gasteiger charge is -2.15. The summed E-state index contributed by atoms with van der Waals surface area (Å²) in [5.41, 5.74) is -0.714. The Morgan fingerprint density at radius 2 is 1.96 bits per heavy atom. The lowest BCUT2D eigenvalue weighted by Crippen LogP contribution is -2.14. The summed E-state index contributed by atoms with van der Waals surface area (Å²) in [6, 6.07) is 5.57. The molecule has 5 nitrogen and oxygen atoms in total. The molecule has 25 heavy (non-hydrogen) atoms. The van der Waals surface area contributed by atoms with Crippen LogP contribution >= 0.6 is 0 Å². The first kappa shape index (κ1) is 15.9. The minimum absolute atomic E-state index is 0.107. The highest BCUT2D eigenvalue weighted by Crippen LogP contribution is 2.45. The molecular weight excluding hydrogens is 331 g/mol. The minimum atomic E-state index is -4.49. The Kier molecular flexibility index (Phi) is 3.67. The molecule has 0 spiro atoms. The van der Waals surface area contributed by atoms with E-state index in [1.165, 1.54) is 12.1 Å². The standard InChI is InChI=1S/C17H16F3N5/c18-17(19,20)13-6-1-10(8-21)7-14(13)22-9-15-23-24-16(11-2-3-11)25(15)12-4-5-12/h1,6-7,11-12,22H,2-5,9H2. The first-order valence-corrected chi connectivity index (χ1v) is 8.26. The maximum atomic E-state index is 13.2. The number of halogens is 3. The first-order chi connectivity index (χ1) is 12.0. The maximum absolute atomic E-state index is 13.2. The smallest absolute Gasteiger partial charge is 0.377 e. The average Bonchev–Trinajstić information content (AvgIpc) is 3.50. The van der Waals surface area contributed by atoms with Crippen LogP contribution in [0, 0.1) is 11.3 Å². The molecule has 2 fully saturated rings. The van der Waals surface area contributed by atoms with Crippen molar-refractivity contribution in [3.8, 4) is 6.07 Å². The Labute approximate surface area is 142 Å². The molecular formula is C17H16F3N5. The molecule has 2 aromatic rings. The van der Waals surface area contributed by atoms with Gasteiger partial charge in [0.25, 0.3) is 0 Å². The van der Waals surface area contributed by atoms with Crippen LogP contribution in [0.1, 0.15) is 60.4 Å². The summed E-state index contributed by atoms with van der Waals surface area (Å²) in [7, 11) is 0. The molecule has 8 heteroatoms. The van der Waals surface area contributed by atoms with Gasteiger partial charge in [0.1, 0.15) is 5.82 Å². The summed E-state index contributed by atoms with van der Waals surface area (Å²) < 4.78 is 41.7. The van der Waals surface area contributed by atoms with Gasteiger partial charge in [0.2, 0.25) is 0 Å². The molecule has 4 rings (SSSR count). The zero-order valence-corrected chi connectivity index (χ0v) is 13.3. The van der Waals surface area contributed by atoms with Crippen molar-refractivity contribution in [1.82, 2.24) is 14.8 Å². The van der Waals surface area contributed by atoms with Crippen molar-refractivity contribution in [2.24, 2.45) is 0 Å². The van der Waals surface area contributed by atoms with Crippen LogP contribution in [0.25, 0.3) is 0 Å². The Morgan fingerprint density at radius 1 is 1.20 bits per heavy atom. The topological polar surface area (TPSA) is 66.5 Å². The number of aromatic nitrogens is 3. The zero-order chi connectivity index (χ0) is 17.6. The zero-order valence-electron chi connectivity index (χ0n) is 13.3. The van der Waals surface area contributed by atoms with Gasteiger partial charge in [0.05, 0.1) is 23.7 Å². The van der Waals surface area contributed by atoms with E-state index >= 15 is 0 Å². The van der Waals surface area contributed by atoms with Crippen LogP contribution in [0.4, 0.5) is 18.9 Å². The molecule has 0 bridgehead atoms. The van der Waals surface area contributed by atoms with Crippen molar-refractivity contribution in [3.05, 3.63) is 41.0 Å². The summed E-state index contributed by atoms with van der Waals surface area (Å²) in [5, 5.41) is 20.2. The normalized spacial score (nSPS) is 17.4. The molecule has 2 aliphatic rings. The molecule has 0 atom stereocenters. The molecule has 0 radical (unpaired) electrons. The molecule has 130 valence electrons. The van der Waals surface area contributed by atoms with Gasteiger partial charge in [0, 0.05) is 17.6 Å². The average molecular weight is 347 g/mol. The number of hydrogen-bond donors (Lipinski definition) is 1. The highest BCUT2D eigenvalue weighted by molar-refractivity contribution is 5.57. The van der Waals surface area contributed by atoms with E-state index in [1.54, 1.807) is 0 Å². The Hall–Kier alpha value is -2.56. The fraction of sp³-hybridized carbons (Fsp3) is 0.471. The van der Waals surface area contributed by atoms with E-state index in [2.05, 4.69) is 20.1 Å². The van der Waals surface area contributed by atoms with Crippen LogP contribution in [-0.2, 0) is 12.7 Å². The fourth-order valence-electron chi connectivity index (χ4n) is 2.99. The molecule has 0 unspecified atom stereocenters. The number of benzene rings is 1. The SMILES string of the molecule is N#Cc1ccc(C(F)(F)F)c(NCc2nnc(C3CC3)n2C2CC2)c1. The number of hydrogen-bond acceptors (Lipinski definition) is 4. The fourth-order valence-corrected chi connectivity index (χ4v) is 2.99. The lowest BCUT2D eigenvalue weighted by atomic mass is 10.1. The van der Waals surface area contributed by atoms with E-state index in [0.29, 0.717) is 17.8 Å². The molecule has 2 saturated carbocycles. The van der Waals surface area contributed by atoms with Gasteiger partial charge in [-0.1, -0.05) is 0 Å². The quantitative estimate of drug-likeness (QED) is 0.888. The number of nitrogens with one attached hydrogen (secondary N) is 1. The molecule has 1 aromatic heterocycles. The Balaban J connectivity index is 1.60. The minimum Gasteiger partial charge on any atom is -0.377 e. The van der Waals surface area contributed by atoms with Crippen molar-refractivity contribution < 1.29 is 13.2 Å². The molecule has 1 heterocycles. The summed E-state index contributed by atoms with van der Waals surface area (Å²) in [6.07, 6.45) is -0.175. The summed E-state index contributed by atoms with van der Waals surface area (Å²) in [5.74, 6) is 2.05. The second-order valence-electron chi connectivity index (χ2n) is 6.57. The largest absolute Gasteiger partial charge is 0.418 e. The van der Waals surface area contributed by atoms with Crippen LogP contribution < -0.4 is 5.32 Å². The van der Waals surface area contributed by atoms with Crippen molar-refractivity contribution >= 4 is 5.69 Å². The Bertz CT molecular complexity index is 841. The van der Waals surface area contributed by atoms with Crippen molar-refractivity contribution in [3.63, 3.8) is 0 Å². The lowest BCUT2D eigenvalue weighted by molar-refractivity contribution is -0.137. The van der Waals surface area contributed by atoms with E-state index in [9.17, 15) is 13.2 Å². The van der Waals surface area contributed by atoms with Crippen molar-refractivity contribution in [1.29, 1.82) is 5.26 Å². The van der Waals surface area contributed by atoms with Gasteiger partial charge < -0.3 is 9.88 Å². The van der Waals surface area contributed by atoms with Gasteiger partial charge in [-0.3, -0.25) is 0 Å². The van der Waals surface area contributed by atoms with Gasteiger partial charge in [-0.15, -0.1) is 10.2 Å². The van der Waals surface area contributed by atoms with Crippen molar-refractivity contribution in [2.75, 3.05) is 5.32 Å². The number of rotatable bonds is 5.